The predicted molar refractivity (Wildman–Crippen MR) is 97.3 cm³/mol. The van der Waals surface area contributed by atoms with Crippen LogP contribution in [0.5, 0.6) is 0 Å². The smallest absolute Gasteiger partial charge is 0.355 e. The molecule has 1 nitrogen and oxygen atoms in total. The number of aliphatic hydroxyl groups is 1. The van der Waals surface area contributed by atoms with Gasteiger partial charge in [-0.05, 0) is 35.4 Å². The van der Waals surface area contributed by atoms with E-state index >= 15 is 0 Å². The van der Waals surface area contributed by atoms with E-state index in [2.05, 4.69) is 0 Å². The van der Waals surface area contributed by atoms with Crippen molar-refractivity contribution in [1.29, 1.82) is 0 Å². The number of benzene rings is 3. The average Bonchev–Trinajstić information content (AvgIpc) is 2.62. The minimum atomic E-state index is -4.35. The molecule has 3 rings (SSSR count). The van der Waals surface area contributed by atoms with Crippen molar-refractivity contribution in [3.8, 4) is 11.1 Å². The highest BCUT2D eigenvalue weighted by Crippen LogP contribution is 2.30. The molecule has 128 valence electrons. The lowest BCUT2D eigenvalue weighted by molar-refractivity contribution is -0.137. The molecular formula is C20H15F3OS. The van der Waals surface area contributed by atoms with Crippen LogP contribution < -0.4 is 0 Å². The zero-order chi connectivity index (χ0) is 17.9. The van der Waals surface area contributed by atoms with Gasteiger partial charge >= 0.3 is 6.18 Å². The highest BCUT2D eigenvalue weighted by Gasteiger charge is 2.29. The second-order valence-corrected chi connectivity index (χ2v) is 6.59. The highest BCUT2D eigenvalue weighted by molar-refractivity contribution is 7.98. The first-order chi connectivity index (χ1) is 11.9. The molecule has 3 aromatic carbocycles. The number of thiol groups is 1. The van der Waals surface area contributed by atoms with Crippen LogP contribution in [0.4, 0.5) is 13.2 Å². The van der Waals surface area contributed by atoms with Crippen molar-refractivity contribution in [2.45, 2.75) is 11.1 Å². The zero-order valence-electron chi connectivity index (χ0n) is 13.0. The van der Waals surface area contributed by atoms with Crippen molar-refractivity contribution in [1.82, 2.24) is 0 Å². The van der Waals surface area contributed by atoms with Gasteiger partial charge in [-0.2, -0.15) is 13.2 Å². The molecule has 25 heavy (non-hydrogen) atoms. The van der Waals surface area contributed by atoms with Crippen molar-refractivity contribution in [3.63, 3.8) is 0 Å². The van der Waals surface area contributed by atoms with E-state index in [4.69, 9.17) is 0 Å². The Morgan fingerprint density at radius 3 is 1.84 bits per heavy atom. The minimum absolute atomic E-state index is 0.0966. The Morgan fingerprint density at radius 1 is 0.720 bits per heavy atom. The summed E-state index contributed by atoms with van der Waals surface area (Å²) < 4.78 is 37.7. The topological polar surface area (TPSA) is 20.2 Å². The maximum Gasteiger partial charge on any atom is 0.416 e. The summed E-state index contributed by atoms with van der Waals surface area (Å²) in [5.41, 5.74) is 2.05. The van der Waals surface area contributed by atoms with E-state index in [-0.39, 0.29) is 5.05 Å². The van der Waals surface area contributed by atoms with E-state index in [0.29, 0.717) is 21.8 Å². The fourth-order valence-corrected chi connectivity index (χ4v) is 3.18. The van der Waals surface area contributed by atoms with E-state index in [1.165, 1.54) is 12.1 Å². The first-order valence-electron chi connectivity index (χ1n) is 7.54. The fourth-order valence-electron chi connectivity index (χ4n) is 2.35. The van der Waals surface area contributed by atoms with E-state index < -0.39 is 11.7 Å². The van der Waals surface area contributed by atoms with Gasteiger partial charge < -0.3 is 5.11 Å². The lowest BCUT2D eigenvalue weighted by Gasteiger charge is -2.07. The van der Waals surface area contributed by atoms with E-state index in [0.717, 1.165) is 23.3 Å². The molecule has 0 fully saturated rings. The monoisotopic (exact) mass is 360 g/mol. The third-order valence-electron chi connectivity index (χ3n) is 3.68. The molecule has 0 aliphatic carbocycles. The van der Waals surface area contributed by atoms with Crippen LogP contribution in [-0.2, 0) is 6.18 Å². The Bertz CT molecular complexity index is 868. The molecule has 0 saturated carbocycles. The zero-order valence-corrected chi connectivity index (χ0v) is 13.9. The number of hydrogen-bond acceptors (Lipinski definition) is 0. The molecule has 3 aromatic rings. The summed E-state index contributed by atoms with van der Waals surface area (Å²) in [4.78, 5) is 0.595. The third-order valence-corrected chi connectivity index (χ3v) is 4.71. The largest absolute Gasteiger partial charge is 0.416 e. The van der Waals surface area contributed by atoms with Crippen LogP contribution in [0.25, 0.3) is 11.1 Å². The summed E-state index contributed by atoms with van der Waals surface area (Å²) >= 11 is 0.463. The maximum atomic E-state index is 12.6. The van der Waals surface area contributed by atoms with Crippen molar-refractivity contribution in [2.75, 3.05) is 0 Å². The van der Waals surface area contributed by atoms with E-state index in [1.807, 2.05) is 42.5 Å². The summed E-state index contributed by atoms with van der Waals surface area (Å²) in [6.07, 6.45) is -4.35. The van der Waals surface area contributed by atoms with Crippen molar-refractivity contribution in [2.24, 2.45) is 0 Å². The number of rotatable bonds is 3. The fraction of sp³-hybridized carbons (Fsp3) is 0.0500. The van der Waals surface area contributed by atoms with Gasteiger partial charge in [0.05, 0.1) is 5.56 Å². The number of hydrogen-bond donors (Lipinski definition) is 2. The summed E-state index contributed by atoms with van der Waals surface area (Å²) in [7, 11) is 0. The molecule has 0 aliphatic heterocycles. The van der Waals surface area contributed by atoms with Gasteiger partial charge in [0, 0.05) is 10.5 Å². The first-order valence-corrected chi connectivity index (χ1v) is 8.44. The van der Waals surface area contributed by atoms with Crippen LogP contribution in [-0.4, -0.2) is 10.2 Å². The van der Waals surface area contributed by atoms with Gasteiger partial charge in [0.2, 0.25) is 0 Å². The van der Waals surface area contributed by atoms with Crippen molar-refractivity contribution < 1.29 is 18.3 Å². The number of halogens is 3. The standard InChI is InChI=1S/C20H15F3OS/c21-20(22,23)17-10-12-18(13-11-17)25-19(24)16-8-6-15(7-9-16)14-4-2-1-3-5-14/h1-13,24-25H. The second-order valence-electron chi connectivity index (χ2n) is 5.42. The summed E-state index contributed by atoms with van der Waals surface area (Å²) in [5, 5.41) is 10.3. The van der Waals surface area contributed by atoms with Crippen LogP contribution in [0.3, 0.4) is 0 Å². The molecule has 0 radical (unpaired) electrons. The van der Waals surface area contributed by atoms with E-state index in [9.17, 15) is 18.3 Å². The van der Waals surface area contributed by atoms with Gasteiger partial charge in [0.1, 0.15) is 5.05 Å². The first kappa shape index (κ1) is 17.5. The van der Waals surface area contributed by atoms with Crippen molar-refractivity contribution >= 4 is 16.4 Å². The Morgan fingerprint density at radius 2 is 1.28 bits per heavy atom. The number of alkyl halides is 3. The maximum absolute atomic E-state index is 12.6. The molecule has 0 unspecified atom stereocenters. The van der Waals surface area contributed by atoms with Gasteiger partial charge in [-0.15, -0.1) is 11.4 Å². The second kappa shape index (κ2) is 7.25. The average molecular weight is 360 g/mol. The molecule has 0 saturated heterocycles. The summed E-state index contributed by atoms with van der Waals surface area (Å²) in [5.74, 6) is 0. The minimum Gasteiger partial charge on any atom is -0.355 e. The third kappa shape index (κ3) is 4.38. The molecule has 0 amide bonds. The van der Waals surface area contributed by atoms with Crippen molar-refractivity contribution in [3.05, 3.63) is 90.0 Å². The van der Waals surface area contributed by atoms with Gasteiger partial charge in [-0.1, -0.05) is 54.6 Å². The van der Waals surface area contributed by atoms with Crippen LogP contribution in [0.1, 0.15) is 11.1 Å². The predicted octanol–water partition coefficient (Wildman–Crippen LogP) is 5.93. The molecular weight excluding hydrogens is 345 g/mol. The molecule has 0 bridgehead atoms. The molecule has 0 heterocycles. The Hall–Kier alpha value is -2.37. The normalized spacial score (nSPS) is 12.6. The molecule has 0 atom stereocenters. The SMILES string of the molecule is OC(=[SH]c1ccc(C(F)(F)F)cc1)c1ccc(-c2ccccc2)cc1. The van der Waals surface area contributed by atoms with E-state index in [1.54, 1.807) is 12.1 Å². The lowest BCUT2D eigenvalue weighted by Crippen LogP contribution is -2.04. The Kier molecular flexibility index (Phi) is 5.06. The Labute approximate surface area is 147 Å². The highest BCUT2D eigenvalue weighted by atomic mass is 32.1. The molecule has 5 heteroatoms. The quantitative estimate of drug-likeness (QED) is 0.438. The lowest BCUT2D eigenvalue weighted by atomic mass is 10.0. The van der Waals surface area contributed by atoms with Gasteiger partial charge in [0.15, 0.2) is 0 Å². The van der Waals surface area contributed by atoms with Crippen LogP contribution >= 0.6 is 11.4 Å². The summed E-state index contributed by atoms with van der Waals surface area (Å²) in [6.45, 7) is 0. The van der Waals surface area contributed by atoms with Gasteiger partial charge in [-0.25, -0.2) is 0 Å². The molecule has 0 aliphatic rings. The van der Waals surface area contributed by atoms with Crippen LogP contribution in [0.2, 0.25) is 0 Å². The molecule has 1 N–H and O–H groups in total. The molecule has 0 spiro atoms. The van der Waals surface area contributed by atoms with Gasteiger partial charge in [-0.3, -0.25) is 0 Å². The van der Waals surface area contributed by atoms with Gasteiger partial charge in [0.25, 0.3) is 0 Å². The molecule has 0 aromatic heterocycles. The summed E-state index contributed by atoms with van der Waals surface area (Å²) in [6, 6.07) is 22.1. The Balaban J connectivity index is 1.80. The number of aliphatic hydroxyl groups excluding tert-OH is 1. The van der Waals surface area contributed by atoms with Crippen LogP contribution in [0, 0.1) is 0 Å². The van der Waals surface area contributed by atoms with Crippen LogP contribution in [0.15, 0.2) is 83.8 Å².